The second-order valence-electron chi connectivity index (χ2n) is 0. The maximum absolute atomic E-state index is 3.10. The summed E-state index contributed by atoms with van der Waals surface area (Å²) in [5, 5.41) is 0. The Morgan fingerprint density at radius 1 is 0.500 bits per heavy atom. The van der Waals surface area contributed by atoms with Crippen LogP contribution in [0, 0.1) is 0 Å². The molecular weight excluding hydrogens is 853 g/mol. The summed E-state index contributed by atoms with van der Waals surface area (Å²) >= 11 is 12.2. The molecule has 0 aliphatic rings. The van der Waals surface area contributed by atoms with Gasteiger partial charge in [0.15, 0.2) is 0 Å². The molecule has 0 atom stereocenters. The standard InChI is InChI=1S/3BrH.3Tl/h3*1H;;;/q;;;3*+1/p-3. The van der Waals surface area contributed by atoms with E-state index in [0.29, 0.717) is 0 Å². The van der Waals surface area contributed by atoms with Gasteiger partial charge in [0.05, 0.1) is 0 Å². The van der Waals surface area contributed by atoms with E-state index in [4.69, 9.17) is 0 Å². The summed E-state index contributed by atoms with van der Waals surface area (Å²) in [6.45, 7) is 0. The molecule has 0 aromatic rings. The Kier molecular flexibility index (Phi) is 97.3. The zero-order valence-electron chi connectivity index (χ0n) is 2.87. The molecule has 0 saturated carbocycles. The van der Waals surface area contributed by atoms with Gasteiger partial charge in [0.2, 0.25) is 0 Å². The molecule has 0 amide bonds. The second kappa shape index (κ2) is 35.0. The van der Waals surface area contributed by atoms with E-state index in [2.05, 4.69) is 36.0 Å². The minimum atomic E-state index is 0.979. The van der Waals surface area contributed by atoms with Crippen molar-refractivity contribution >= 4 is 106 Å². The van der Waals surface area contributed by atoms with Crippen LogP contribution in [0.3, 0.4) is 0 Å². The van der Waals surface area contributed by atoms with Gasteiger partial charge in [0.25, 0.3) is 0 Å². The van der Waals surface area contributed by atoms with Gasteiger partial charge in [-0.1, -0.05) is 0 Å². The van der Waals surface area contributed by atoms with Gasteiger partial charge in [0, 0.05) is 0 Å². The van der Waals surface area contributed by atoms with Gasteiger partial charge in [-0.25, -0.2) is 0 Å². The summed E-state index contributed by atoms with van der Waals surface area (Å²) in [7, 11) is 0. The zero-order valence-corrected chi connectivity index (χ0v) is 21.1. The Morgan fingerprint density at radius 3 is 0.500 bits per heavy atom. The van der Waals surface area contributed by atoms with Crippen LogP contribution in [-0.4, -0.2) is 70.1 Å². The van der Waals surface area contributed by atoms with Crippen LogP contribution in [0.1, 0.15) is 0 Å². The molecule has 0 aromatic heterocycles. The first kappa shape index (κ1) is 16.7. The zero-order chi connectivity index (χ0) is 6.00. The second-order valence-corrected chi connectivity index (χ2v) is 0. The van der Waals surface area contributed by atoms with Crippen LogP contribution >= 0.6 is 36.0 Å². The van der Waals surface area contributed by atoms with Crippen LogP contribution in [0.2, 0.25) is 0 Å². The molecule has 0 rings (SSSR count). The van der Waals surface area contributed by atoms with Crippen LogP contribution in [0.4, 0.5) is 0 Å². The fourth-order valence-corrected chi connectivity index (χ4v) is 0. The van der Waals surface area contributed by atoms with Crippen molar-refractivity contribution in [3.63, 3.8) is 0 Å². The number of hydrogen-bond donors (Lipinski definition) is 0. The summed E-state index contributed by atoms with van der Waals surface area (Å²) in [6.07, 6.45) is 0. The third kappa shape index (κ3) is 24.1. The van der Waals surface area contributed by atoms with E-state index in [1.54, 1.807) is 0 Å². The first-order chi connectivity index (χ1) is 3.00. The van der Waals surface area contributed by atoms with Crippen molar-refractivity contribution in [2.75, 3.05) is 0 Å². The van der Waals surface area contributed by atoms with Crippen molar-refractivity contribution in [2.45, 2.75) is 0 Å². The maximum atomic E-state index is 3.10. The number of hydrogen-bond acceptors (Lipinski definition) is 0. The Bertz CT molecular complexity index is 6.00. The molecule has 0 spiro atoms. The van der Waals surface area contributed by atoms with E-state index in [1.165, 1.54) is 0 Å². The van der Waals surface area contributed by atoms with E-state index in [0.717, 1.165) is 70.1 Å². The Labute approximate surface area is 103 Å². The third-order valence-electron chi connectivity index (χ3n) is 0. The average molecular weight is 853 g/mol. The molecule has 0 nitrogen and oxygen atoms in total. The first-order valence-corrected chi connectivity index (χ1v) is 29.8. The Balaban J connectivity index is -0.0000000225. The summed E-state index contributed by atoms with van der Waals surface area (Å²) in [6, 6.07) is 0. The van der Waals surface area contributed by atoms with Crippen molar-refractivity contribution in [1.82, 2.24) is 0 Å². The molecule has 0 aliphatic heterocycles. The SMILES string of the molecule is [Br][Tl].[Br][Tl].[Br][Tl]. The van der Waals surface area contributed by atoms with E-state index in [-0.39, 0.29) is 0 Å². The van der Waals surface area contributed by atoms with E-state index in [9.17, 15) is 0 Å². The van der Waals surface area contributed by atoms with Gasteiger partial charge < -0.3 is 0 Å². The van der Waals surface area contributed by atoms with Crippen LogP contribution in [0.15, 0.2) is 0 Å². The van der Waals surface area contributed by atoms with Crippen LogP contribution < -0.4 is 0 Å². The first-order valence-electron chi connectivity index (χ1n) is 0.655. The van der Waals surface area contributed by atoms with Gasteiger partial charge in [-0.05, 0) is 0 Å². The summed E-state index contributed by atoms with van der Waals surface area (Å²) in [5.74, 6) is 0. The van der Waals surface area contributed by atoms with Crippen molar-refractivity contribution in [3.05, 3.63) is 0 Å². The molecule has 0 N–H and O–H groups in total. The molecule has 0 aliphatic carbocycles. The van der Waals surface area contributed by atoms with Crippen LogP contribution in [-0.2, 0) is 0 Å². The molecule has 0 bridgehead atoms. The van der Waals surface area contributed by atoms with Crippen molar-refractivity contribution < 1.29 is 0 Å². The van der Waals surface area contributed by atoms with Crippen LogP contribution in [0.5, 0.6) is 0 Å². The van der Waals surface area contributed by atoms with Gasteiger partial charge >= 0.3 is 106 Å². The molecule has 30 valence electrons. The van der Waals surface area contributed by atoms with E-state index >= 15 is 0 Å². The third-order valence-corrected chi connectivity index (χ3v) is 0. The summed E-state index contributed by atoms with van der Waals surface area (Å²) < 4.78 is 0. The predicted octanol–water partition coefficient (Wildman–Crippen LogP) is 1.39. The van der Waals surface area contributed by atoms with Gasteiger partial charge in [0.1, 0.15) is 0 Å². The number of halogens is 3. The minimum absolute atomic E-state index is 0.979. The number of rotatable bonds is 0. The van der Waals surface area contributed by atoms with Gasteiger partial charge in [-0.15, -0.1) is 0 Å². The monoisotopic (exact) mass is 852 g/mol. The molecule has 0 saturated heterocycles. The normalized spacial score (nSPS) is 2.00. The molecule has 0 radical (unpaired) electrons. The molecule has 0 fully saturated rings. The summed E-state index contributed by atoms with van der Waals surface area (Å²) in [5.41, 5.74) is 0. The van der Waals surface area contributed by atoms with Gasteiger partial charge in [-0.3, -0.25) is 0 Å². The van der Waals surface area contributed by atoms with Gasteiger partial charge in [-0.2, -0.15) is 0 Å². The topological polar surface area (TPSA) is 0 Å². The molecule has 6 heteroatoms. The summed E-state index contributed by atoms with van der Waals surface area (Å²) in [4.78, 5) is 0. The van der Waals surface area contributed by atoms with E-state index in [1.807, 2.05) is 0 Å². The molecule has 0 heterocycles. The quantitative estimate of drug-likeness (QED) is 0.324. The van der Waals surface area contributed by atoms with Crippen molar-refractivity contribution in [1.29, 1.82) is 0 Å². The fraction of sp³-hybridized carbons (Fsp3) is 0. The Hall–Kier alpha value is 4.21. The molecule has 0 aromatic carbocycles. The fourth-order valence-electron chi connectivity index (χ4n) is 0. The Morgan fingerprint density at radius 2 is 0.500 bits per heavy atom. The molecule has 6 heavy (non-hydrogen) atoms. The predicted molar refractivity (Wildman–Crippen MR) is 44.0 cm³/mol. The molecule has 0 unspecified atom stereocenters. The van der Waals surface area contributed by atoms with E-state index < -0.39 is 0 Å². The van der Waals surface area contributed by atoms with Crippen molar-refractivity contribution in [2.24, 2.45) is 0 Å². The van der Waals surface area contributed by atoms with Crippen molar-refractivity contribution in [3.8, 4) is 0 Å². The van der Waals surface area contributed by atoms with Crippen LogP contribution in [0.25, 0.3) is 0 Å². The average Bonchev–Trinajstić information content (AvgIpc) is 1.81. The molecular formula is Br3Tl3.